The molecule has 3 atom stereocenters. The Hall–Kier alpha value is -0.580. The smallest absolute Gasteiger partial charge is 0.251 e. The van der Waals surface area contributed by atoms with Crippen LogP contribution in [0, 0.1) is 15.4 Å². The van der Waals surface area contributed by atoms with Gasteiger partial charge in [0.15, 0.2) is 0 Å². The van der Waals surface area contributed by atoms with Crippen LogP contribution in [0.4, 0.5) is 0 Å². The summed E-state index contributed by atoms with van der Waals surface area (Å²) in [6, 6.07) is 8.21. The molecule has 0 saturated heterocycles. The van der Waals surface area contributed by atoms with Crippen molar-refractivity contribution in [2.75, 3.05) is 0 Å². The van der Waals surface area contributed by atoms with Gasteiger partial charge in [-0.05, 0) is 78.0 Å². The molecule has 2 saturated carbocycles. The summed E-state index contributed by atoms with van der Waals surface area (Å²) >= 11 is 2.25. The minimum atomic E-state index is 0.0963. The highest BCUT2D eigenvalue weighted by Crippen LogP contribution is 2.44. The molecule has 2 fully saturated rings. The first-order chi connectivity index (χ1) is 8.22. The van der Waals surface area contributed by atoms with Crippen LogP contribution in [0.3, 0.4) is 0 Å². The van der Waals surface area contributed by atoms with Gasteiger partial charge in [-0.15, -0.1) is 0 Å². The summed E-state index contributed by atoms with van der Waals surface area (Å²) in [7, 11) is 0. The highest BCUT2D eigenvalue weighted by molar-refractivity contribution is 14.1. The number of hydrogen-bond donors (Lipinski definition) is 1. The van der Waals surface area contributed by atoms with E-state index in [1.165, 1.54) is 29.3 Å². The molecule has 2 aliphatic carbocycles. The Balaban J connectivity index is 1.65. The molecule has 0 aromatic heterocycles. The van der Waals surface area contributed by atoms with Crippen LogP contribution in [-0.2, 0) is 0 Å². The van der Waals surface area contributed by atoms with Crippen molar-refractivity contribution in [3.63, 3.8) is 0 Å². The second-order valence-electron chi connectivity index (χ2n) is 5.26. The SMILES string of the molecule is O=C(N[C@@H]1C[C@H]2CC[C@H]1C2)c1ccc(I)cc1. The van der Waals surface area contributed by atoms with Crippen molar-refractivity contribution in [1.82, 2.24) is 5.32 Å². The predicted octanol–water partition coefficient (Wildman–Crippen LogP) is 3.21. The molecule has 1 N–H and O–H groups in total. The summed E-state index contributed by atoms with van der Waals surface area (Å²) in [5, 5.41) is 3.20. The number of carbonyl (C=O) groups excluding carboxylic acids is 1. The fourth-order valence-corrected chi connectivity index (χ4v) is 3.63. The van der Waals surface area contributed by atoms with Crippen LogP contribution < -0.4 is 5.32 Å². The molecule has 90 valence electrons. The van der Waals surface area contributed by atoms with Gasteiger partial charge in [0.2, 0.25) is 0 Å². The standard InChI is InChI=1S/C14H16INO/c15-12-5-3-10(4-6-12)14(17)16-13-8-9-1-2-11(13)7-9/h3-6,9,11,13H,1-2,7-8H2,(H,16,17)/t9-,11-,13+/m0/s1. The van der Waals surface area contributed by atoms with Gasteiger partial charge in [0.05, 0.1) is 0 Å². The monoisotopic (exact) mass is 341 g/mol. The average molecular weight is 341 g/mol. The Bertz CT molecular complexity index is 428. The van der Waals surface area contributed by atoms with Crippen LogP contribution in [-0.4, -0.2) is 11.9 Å². The molecule has 1 aromatic rings. The fraction of sp³-hybridized carbons (Fsp3) is 0.500. The predicted molar refractivity (Wildman–Crippen MR) is 75.9 cm³/mol. The summed E-state index contributed by atoms with van der Waals surface area (Å²) in [5.41, 5.74) is 0.785. The van der Waals surface area contributed by atoms with Gasteiger partial charge >= 0.3 is 0 Å². The van der Waals surface area contributed by atoms with E-state index in [-0.39, 0.29) is 5.91 Å². The molecule has 3 rings (SSSR count). The van der Waals surface area contributed by atoms with E-state index in [1.54, 1.807) is 0 Å². The zero-order valence-corrected chi connectivity index (χ0v) is 11.8. The average Bonchev–Trinajstić information content (AvgIpc) is 2.91. The van der Waals surface area contributed by atoms with E-state index in [2.05, 4.69) is 27.9 Å². The van der Waals surface area contributed by atoms with Crippen molar-refractivity contribution in [1.29, 1.82) is 0 Å². The van der Waals surface area contributed by atoms with E-state index < -0.39 is 0 Å². The normalized spacial score (nSPS) is 30.5. The third-order valence-corrected chi connectivity index (χ3v) is 4.88. The molecule has 0 unspecified atom stereocenters. The molecule has 1 aromatic carbocycles. The molecule has 2 bridgehead atoms. The summed E-state index contributed by atoms with van der Waals surface area (Å²) in [4.78, 5) is 12.1. The lowest BCUT2D eigenvalue weighted by Crippen LogP contribution is -2.38. The van der Waals surface area contributed by atoms with Gasteiger partial charge in [-0.25, -0.2) is 0 Å². The van der Waals surface area contributed by atoms with Crippen molar-refractivity contribution >= 4 is 28.5 Å². The minimum absolute atomic E-state index is 0.0963. The second-order valence-corrected chi connectivity index (χ2v) is 6.51. The molecule has 0 spiro atoms. The van der Waals surface area contributed by atoms with E-state index in [4.69, 9.17) is 0 Å². The lowest BCUT2D eigenvalue weighted by atomic mass is 9.95. The number of carbonyl (C=O) groups is 1. The molecule has 0 heterocycles. The number of amides is 1. The number of nitrogens with one attached hydrogen (secondary N) is 1. The zero-order valence-electron chi connectivity index (χ0n) is 9.66. The summed E-state index contributed by atoms with van der Waals surface area (Å²) in [6.45, 7) is 0. The van der Waals surface area contributed by atoms with Gasteiger partial charge in [0, 0.05) is 15.2 Å². The number of halogens is 1. The molecular formula is C14H16INO. The van der Waals surface area contributed by atoms with Crippen LogP contribution in [0.15, 0.2) is 24.3 Å². The second kappa shape index (κ2) is 4.59. The lowest BCUT2D eigenvalue weighted by molar-refractivity contribution is 0.0923. The van der Waals surface area contributed by atoms with E-state index in [9.17, 15) is 4.79 Å². The molecule has 2 nitrogen and oxygen atoms in total. The zero-order chi connectivity index (χ0) is 11.8. The van der Waals surface area contributed by atoms with E-state index >= 15 is 0 Å². The maximum absolute atomic E-state index is 12.1. The van der Waals surface area contributed by atoms with E-state index in [0.29, 0.717) is 6.04 Å². The molecule has 3 heteroatoms. The largest absolute Gasteiger partial charge is 0.349 e. The fourth-order valence-electron chi connectivity index (χ4n) is 3.27. The van der Waals surface area contributed by atoms with Crippen LogP contribution in [0.25, 0.3) is 0 Å². The number of rotatable bonds is 2. The number of benzene rings is 1. The Labute approximate surface area is 115 Å². The van der Waals surface area contributed by atoms with E-state index in [0.717, 1.165) is 17.4 Å². The van der Waals surface area contributed by atoms with Gasteiger partial charge in [0.25, 0.3) is 5.91 Å². The highest BCUT2D eigenvalue weighted by Gasteiger charge is 2.40. The molecule has 2 aliphatic rings. The third kappa shape index (κ3) is 2.34. The van der Waals surface area contributed by atoms with Crippen LogP contribution in [0.2, 0.25) is 0 Å². The summed E-state index contributed by atoms with van der Waals surface area (Å²) < 4.78 is 1.17. The van der Waals surface area contributed by atoms with Crippen LogP contribution in [0.1, 0.15) is 36.0 Å². The highest BCUT2D eigenvalue weighted by atomic mass is 127. The molecular weight excluding hydrogens is 325 g/mol. The Morgan fingerprint density at radius 2 is 1.94 bits per heavy atom. The topological polar surface area (TPSA) is 29.1 Å². The Kier molecular flexibility index (Phi) is 3.11. The maximum Gasteiger partial charge on any atom is 0.251 e. The van der Waals surface area contributed by atoms with Crippen molar-refractivity contribution in [2.45, 2.75) is 31.7 Å². The van der Waals surface area contributed by atoms with Gasteiger partial charge in [-0.3, -0.25) is 4.79 Å². The van der Waals surface area contributed by atoms with Gasteiger partial charge in [0.1, 0.15) is 0 Å². The molecule has 17 heavy (non-hydrogen) atoms. The summed E-state index contributed by atoms with van der Waals surface area (Å²) in [6.07, 6.45) is 5.21. The van der Waals surface area contributed by atoms with Crippen LogP contribution >= 0.6 is 22.6 Å². The lowest BCUT2D eigenvalue weighted by Gasteiger charge is -2.22. The van der Waals surface area contributed by atoms with Crippen molar-refractivity contribution in [3.8, 4) is 0 Å². The first kappa shape index (κ1) is 11.5. The molecule has 1 amide bonds. The minimum Gasteiger partial charge on any atom is -0.349 e. The maximum atomic E-state index is 12.1. The quantitative estimate of drug-likeness (QED) is 0.823. The molecule has 0 aliphatic heterocycles. The first-order valence-electron chi connectivity index (χ1n) is 6.29. The summed E-state index contributed by atoms with van der Waals surface area (Å²) in [5.74, 6) is 1.72. The third-order valence-electron chi connectivity index (χ3n) is 4.16. The number of hydrogen-bond acceptors (Lipinski definition) is 1. The Morgan fingerprint density at radius 3 is 2.53 bits per heavy atom. The Morgan fingerprint density at radius 1 is 1.18 bits per heavy atom. The molecule has 0 radical (unpaired) electrons. The first-order valence-corrected chi connectivity index (χ1v) is 7.36. The van der Waals surface area contributed by atoms with E-state index in [1.807, 2.05) is 24.3 Å². The van der Waals surface area contributed by atoms with Gasteiger partial charge in [-0.1, -0.05) is 6.42 Å². The van der Waals surface area contributed by atoms with Gasteiger partial charge in [-0.2, -0.15) is 0 Å². The van der Waals surface area contributed by atoms with Gasteiger partial charge < -0.3 is 5.32 Å². The number of fused-ring (bicyclic) bond motifs is 2. The van der Waals surface area contributed by atoms with Crippen molar-refractivity contribution in [2.24, 2.45) is 11.8 Å². The van der Waals surface area contributed by atoms with Crippen molar-refractivity contribution < 1.29 is 4.79 Å². The van der Waals surface area contributed by atoms with Crippen LogP contribution in [0.5, 0.6) is 0 Å². The van der Waals surface area contributed by atoms with Crippen molar-refractivity contribution in [3.05, 3.63) is 33.4 Å².